The second-order valence-corrected chi connectivity index (χ2v) is 8.09. The molecule has 1 N–H and O–H groups in total. The molecular weight excluding hydrogens is 466 g/mol. The van der Waals surface area contributed by atoms with Crippen molar-refractivity contribution in [2.24, 2.45) is 7.05 Å². The van der Waals surface area contributed by atoms with Gasteiger partial charge in [0, 0.05) is 19.2 Å². The predicted octanol–water partition coefficient (Wildman–Crippen LogP) is 3.83. The quantitative estimate of drug-likeness (QED) is 0.570. The van der Waals surface area contributed by atoms with Gasteiger partial charge >= 0.3 is 6.18 Å². The number of imidazole rings is 1. The maximum atomic E-state index is 13.3. The van der Waals surface area contributed by atoms with Gasteiger partial charge in [-0.1, -0.05) is 0 Å². The highest BCUT2D eigenvalue weighted by Gasteiger charge is 2.55. The third-order valence-electron chi connectivity index (χ3n) is 5.67. The average Bonchev–Trinajstić information content (AvgIpc) is 3.31. The fourth-order valence-corrected chi connectivity index (χ4v) is 3.90. The summed E-state index contributed by atoms with van der Waals surface area (Å²) in [7, 11) is 1.61. The Balaban J connectivity index is 0.00000306. The first-order chi connectivity index (χ1) is 14.9. The molecule has 4 rings (SSSR count). The van der Waals surface area contributed by atoms with Gasteiger partial charge in [-0.15, -0.1) is 12.4 Å². The van der Waals surface area contributed by atoms with Crippen LogP contribution in [0.15, 0.2) is 36.5 Å². The summed E-state index contributed by atoms with van der Waals surface area (Å²) in [5.74, 6) is -1.24. The number of aliphatic hydroxyl groups is 1. The number of hydrogen-bond acceptors (Lipinski definition) is 4. The number of halogens is 5. The number of alkyl halides is 3. The molecule has 0 saturated carbocycles. The second kappa shape index (κ2) is 8.45. The smallest absolute Gasteiger partial charge is 0.374 e. The fraction of sp³-hybridized carbons (Fsp3) is 0.381. The van der Waals surface area contributed by atoms with E-state index < -0.39 is 23.6 Å². The summed E-state index contributed by atoms with van der Waals surface area (Å²) in [5.41, 5.74) is -1.30. The number of benzene rings is 1. The highest BCUT2D eigenvalue weighted by Crippen LogP contribution is 2.40. The predicted molar refractivity (Wildman–Crippen MR) is 113 cm³/mol. The summed E-state index contributed by atoms with van der Waals surface area (Å²) in [6.45, 7) is 2.48. The fourth-order valence-electron chi connectivity index (χ4n) is 3.90. The molecule has 7 nitrogen and oxygen atoms in total. The summed E-state index contributed by atoms with van der Waals surface area (Å²) >= 11 is 0. The third-order valence-corrected chi connectivity index (χ3v) is 5.67. The normalized spacial score (nSPS) is 17.8. The molecule has 2 atom stereocenters. The van der Waals surface area contributed by atoms with Crippen molar-refractivity contribution in [1.29, 1.82) is 0 Å². The molecule has 0 saturated heterocycles. The van der Waals surface area contributed by atoms with Crippen LogP contribution in [0.3, 0.4) is 0 Å². The van der Waals surface area contributed by atoms with E-state index in [0.717, 1.165) is 0 Å². The van der Waals surface area contributed by atoms with E-state index in [0.29, 0.717) is 23.9 Å². The molecule has 1 aliphatic rings. The Labute approximate surface area is 193 Å². The molecule has 3 aromatic rings. The molecule has 2 aromatic heterocycles. The molecule has 178 valence electrons. The number of amides is 1. The lowest BCUT2D eigenvalue weighted by atomic mass is 10.0. The van der Waals surface area contributed by atoms with Crippen LogP contribution in [0.2, 0.25) is 0 Å². The molecule has 1 unspecified atom stereocenters. The maximum Gasteiger partial charge on any atom is 0.424 e. The van der Waals surface area contributed by atoms with E-state index in [2.05, 4.69) is 10.1 Å². The van der Waals surface area contributed by atoms with Gasteiger partial charge in [0.1, 0.15) is 11.5 Å². The molecule has 1 aliphatic heterocycles. The number of aryl methyl sites for hydroxylation is 1. The first-order valence-electron chi connectivity index (χ1n) is 9.85. The van der Waals surface area contributed by atoms with Crippen LogP contribution >= 0.6 is 12.4 Å². The molecule has 33 heavy (non-hydrogen) atoms. The van der Waals surface area contributed by atoms with Crippen molar-refractivity contribution in [2.45, 2.75) is 38.2 Å². The minimum atomic E-state index is -4.90. The van der Waals surface area contributed by atoms with Crippen molar-refractivity contribution in [3.63, 3.8) is 0 Å². The Morgan fingerprint density at radius 3 is 2.45 bits per heavy atom. The number of nitrogens with zero attached hydrogens (tertiary/aromatic N) is 5. The number of rotatable bonds is 3. The summed E-state index contributed by atoms with van der Waals surface area (Å²) in [6.07, 6.45) is -3.65. The van der Waals surface area contributed by atoms with Gasteiger partial charge in [0.2, 0.25) is 5.60 Å². The molecule has 12 heteroatoms. The molecule has 0 radical (unpaired) electrons. The van der Waals surface area contributed by atoms with E-state index in [1.807, 2.05) is 0 Å². The molecule has 0 aliphatic carbocycles. The highest BCUT2D eigenvalue weighted by atomic mass is 35.5. The van der Waals surface area contributed by atoms with Gasteiger partial charge in [-0.2, -0.15) is 18.3 Å². The van der Waals surface area contributed by atoms with Crippen LogP contribution in [-0.2, 0) is 19.2 Å². The van der Waals surface area contributed by atoms with Crippen molar-refractivity contribution in [1.82, 2.24) is 24.2 Å². The number of carbonyl (C=O) groups is 1. The number of aromatic nitrogens is 4. The molecular formula is C21H22ClF4N5O2. The van der Waals surface area contributed by atoms with Crippen LogP contribution < -0.4 is 0 Å². The molecule has 0 fully saturated rings. The van der Waals surface area contributed by atoms with E-state index in [1.165, 1.54) is 32.5 Å². The molecule has 1 aromatic carbocycles. The largest absolute Gasteiger partial charge is 0.424 e. The van der Waals surface area contributed by atoms with Gasteiger partial charge in [-0.05, 0) is 44.2 Å². The third kappa shape index (κ3) is 4.22. The Hall–Kier alpha value is -2.92. The first kappa shape index (κ1) is 24.7. The van der Waals surface area contributed by atoms with E-state index in [-0.39, 0.29) is 42.9 Å². The lowest BCUT2D eigenvalue weighted by molar-refractivity contribution is -0.263. The van der Waals surface area contributed by atoms with Gasteiger partial charge < -0.3 is 14.6 Å². The van der Waals surface area contributed by atoms with Crippen LogP contribution in [-0.4, -0.2) is 48.0 Å². The zero-order valence-corrected chi connectivity index (χ0v) is 18.8. The standard InChI is InChI=1S/C21H21F4N5O2.ClH/c1-12-10-29(11-15-9-26-19(30(12)15)20(2,32)21(23,24)25)18(31)17-8-16(27-28(17)3)13-4-6-14(22)7-5-13;/h4-9,12,32H,10-11H2,1-3H3;1H/t12-,20?;/m0./s1. The zero-order chi connectivity index (χ0) is 23.4. The second-order valence-electron chi connectivity index (χ2n) is 8.09. The number of carbonyl (C=O) groups excluding carboxylic acids is 1. The Morgan fingerprint density at radius 2 is 1.85 bits per heavy atom. The molecule has 1 amide bonds. The molecule has 0 spiro atoms. The summed E-state index contributed by atoms with van der Waals surface area (Å²) < 4.78 is 55.9. The van der Waals surface area contributed by atoms with Gasteiger partial charge in [-0.3, -0.25) is 9.48 Å². The lowest BCUT2D eigenvalue weighted by Gasteiger charge is -2.36. The lowest BCUT2D eigenvalue weighted by Crippen LogP contribution is -2.45. The number of hydrogen-bond donors (Lipinski definition) is 1. The van der Waals surface area contributed by atoms with Crippen LogP contribution in [0.5, 0.6) is 0 Å². The summed E-state index contributed by atoms with van der Waals surface area (Å²) in [5, 5.41) is 14.4. The zero-order valence-electron chi connectivity index (χ0n) is 18.0. The monoisotopic (exact) mass is 487 g/mol. The molecule has 0 bridgehead atoms. The summed E-state index contributed by atoms with van der Waals surface area (Å²) in [4.78, 5) is 18.5. The minimum absolute atomic E-state index is 0. The minimum Gasteiger partial charge on any atom is -0.374 e. The Kier molecular flexibility index (Phi) is 6.33. The average molecular weight is 488 g/mol. The van der Waals surface area contributed by atoms with Crippen LogP contribution in [0.4, 0.5) is 17.6 Å². The van der Waals surface area contributed by atoms with Crippen LogP contribution in [0, 0.1) is 5.82 Å². The first-order valence-corrected chi connectivity index (χ1v) is 9.85. The Morgan fingerprint density at radius 1 is 1.21 bits per heavy atom. The SMILES string of the molecule is C[C@H]1CN(C(=O)c2cc(-c3ccc(F)cc3)nn2C)Cc2cnc(C(C)(O)C(F)(F)F)n21.Cl. The van der Waals surface area contributed by atoms with Gasteiger partial charge in [0.25, 0.3) is 5.91 Å². The van der Waals surface area contributed by atoms with E-state index >= 15 is 0 Å². The molecule has 3 heterocycles. The number of fused-ring (bicyclic) bond motifs is 1. The van der Waals surface area contributed by atoms with E-state index in [1.54, 1.807) is 32.2 Å². The van der Waals surface area contributed by atoms with Crippen LogP contribution in [0.1, 0.15) is 41.9 Å². The van der Waals surface area contributed by atoms with Crippen molar-refractivity contribution in [3.05, 3.63) is 59.6 Å². The van der Waals surface area contributed by atoms with Crippen molar-refractivity contribution in [2.75, 3.05) is 6.54 Å². The maximum absolute atomic E-state index is 13.3. The van der Waals surface area contributed by atoms with Crippen molar-refractivity contribution < 1.29 is 27.5 Å². The van der Waals surface area contributed by atoms with Gasteiger partial charge in [0.05, 0.1) is 30.2 Å². The Bertz CT molecular complexity index is 1170. The van der Waals surface area contributed by atoms with Crippen molar-refractivity contribution in [3.8, 4) is 11.3 Å². The van der Waals surface area contributed by atoms with Gasteiger partial charge in [-0.25, -0.2) is 9.37 Å². The topological polar surface area (TPSA) is 76.2 Å². The van der Waals surface area contributed by atoms with Crippen LogP contribution in [0.25, 0.3) is 11.3 Å². The summed E-state index contributed by atoms with van der Waals surface area (Å²) in [6, 6.07) is 6.76. The highest BCUT2D eigenvalue weighted by molar-refractivity contribution is 5.93. The van der Waals surface area contributed by atoms with E-state index in [9.17, 15) is 27.5 Å². The van der Waals surface area contributed by atoms with Gasteiger partial charge in [0.15, 0.2) is 5.82 Å². The van der Waals surface area contributed by atoms with Crippen molar-refractivity contribution >= 4 is 18.3 Å². The van der Waals surface area contributed by atoms with E-state index in [4.69, 9.17) is 0 Å².